The average Bonchev–Trinajstić information content (AvgIpc) is 3.22. The van der Waals surface area contributed by atoms with E-state index in [0.29, 0.717) is 49.2 Å². The van der Waals surface area contributed by atoms with Gasteiger partial charge in [0.2, 0.25) is 30.1 Å². The Kier molecular flexibility index (Phi) is 19.3. The number of phosphoric acid groups is 1. The number of phosphoric ester groups is 1. The summed E-state index contributed by atoms with van der Waals surface area (Å²) in [5, 5.41) is 1.34. The van der Waals surface area contributed by atoms with Crippen molar-refractivity contribution >= 4 is 107 Å². The van der Waals surface area contributed by atoms with Crippen LogP contribution in [0.2, 0.25) is 15.1 Å². The lowest BCUT2D eigenvalue weighted by Crippen LogP contribution is -2.53. The third-order valence-corrected chi connectivity index (χ3v) is 22.6. The normalized spacial score (nSPS) is 15.5. The van der Waals surface area contributed by atoms with Crippen LogP contribution in [0.1, 0.15) is 119 Å². The topological polar surface area (TPSA) is 193 Å². The van der Waals surface area contributed by atoms with E-state index in [9.17, 15) is 25.3 Å². The monoisotopic (exact) mass is 1270 g/mol. The molecule has 0 bridgehead atoms. The number of hydrogen-bond donors (Lipinski definition) is 3. The molecule has 3 aliphatic carbocycles. The van der Waals surface area contributed by atoms with Crippen molar-refractivity contribution in [3.8, 4) is 0 Å². The molecule has 83 heavy (non-hydrogen) atoms. The average molecular weight is 1270 g/mol. The van der Waals surface area contributed by atoms with Gasteiger partial charge in [0.25, 0.3) is 0 Å². The number of halogens is 3. The van der Waals surface area contributed by atoms with Crippen LogP contribution in [0.3, 0.4) is 0 Å². The highest BCUT2D eigenvalue weighted by Gasteiger charge is 2.55. The van der Waals surface area contributed by atoms with Crippen molar-refractivity contribution < 1.29 is 43.4 Å². The summed E-state index contributed by atoms with van der Waals surface area (Å²) in [5.41, 5.74) is -1.83. The van der Waals surface area contributed by atoms with E-state index in [1.165, 1.54) is 36.4 Å². The van der Waals surface area contributed by atoms with E-state index in [-0.39, 0.29) is 71.3 Å². The molecule has 3 N–H and O–H groups in total. The fraction of sp³-hybridized carbons (Fsp3) is 0.400. The molecule has 0 unspecified atom stereocenters. The molecule has 0 spiro atoms. The predicted molar refractivity (Wildman–Crippen MR) is 331 cm³/mol. The molecule has 3 aliphatic rings. The van der Waals surface area contributed by atoms with Gasteiger partial charge in [-0.25, -0.2) is 44.0 Å². The Hall–Kier alpha value is -4.57. The molecule has 0 aromatic heterocycles. The number of benzene rings is 6. The quantitative estimate of drug-likeness (QED) is 0.0285. The van der Waals surface area contributed by atoms with Gasteiger partial charge in [-0.05, 0) is 223 Å². The van der Waals surface area contributed by atoms with Crippen molar-refractivity contribution in [1.29, 1.82) is 0 Å². The number of rotatable bonds is 30. The molecular formula is C60H72Cl3N6O10PS3. The minimum Gasteiger partial charge on any atom is -0.312 e. The first-order valence-electron chi connectivity index (χ1n) is 28.3. The Morgan fingerprint density at radius 1 is 0.373 bits per heavy atom. The highest BCUT2D eigenvalue weighted by molar-refractivity contribution is 7.90. The first-order valence-corrected chi connectivity index (χ1v) is 35.3. The van der Waals surface area contributed by atoms with Crippen LogP contribution in [0.4, 0.5) is 34.1 Å². The molecule has 0 heterocycles. The zero-order valence-electron chi connectivity index (χ0n) is 47.3. The maximum absolute atomic E-state index is 17.7. The van der Waals surface area contributed by atoms with Gasteiger partial charge >= 0.3 is 7.82 Å². The Morgan fingerprint density at radius 2 is 0.554 bits per heavy atom. The second-order valence-electron chi connectivity index (χ2n) is 21.3. The van der Waals surface area contributed by atoms with Gasteiger partial charge in [-0.3, -0.25) is 13.6 Å². The van der Waals surface area contributed by atoms with Gasteiger partial charge < -0.3 is 14.7 Å². The Morgan fingerprint density at radius 3 is 0.723 bits per heavy atom. The highest BCUT2D eigenvalue weighted by atomic mass is 35.5. The SMILES string of the molecule is CCC(CC)(OP(=O)(OC(CC)(CC)N(c1ccc(Cl)cc1)c1ccc(S(=O)(=O)NC2CC2)cc1)OC(CC)(CC)N(c1ccc(Cl)cc1)c1ccc(S(=O)(=O)NC2CC2)cc1)N(c1ccc(Cl)cc1)c1ccc(S(=O)(=O)NC2CC2)cc1. The largest absolute Gasteiger partial charge is 0.481 e. The molecule has 0 amide bonds. The summed E-state index contributed by atoms with van der Waals surface area (Å²) < 4.78 is 130. The lowest BCUT2D eigenvalue weighted by atomic mass is 10.0. The van der Waals surface area contributed by atoms with Gasteiger partial charge in [0.05, 0.1) is 14.7 Å². The molecule has 0 saturated heterocycles. The van der Waals surface area contributed by atoms with Gasteiger partial charge in [0.15, 0.2) is 17.2 Å². The fourth-order valence-corrected chi connectivity index (χ4v) is 17.0. The van der Waals surface area contributed by atoms with Crippen molar-refractivity contribution in [2.45, 2.75) is 169 Å². The molecule has 0 aliphatic heterocycles. The maximum atomic E-state index is 17.7. The van der Waals surface area contributed by atoms with Crippen molar-refractivity contribution in [3.05, 3.63) is 161 Å². The number of anilines is 6. The van der Waals surface area contributed by atoms with Gasteiger partial charge in [-0.2, -0.15) is 0 Å². The Labute approximate surface area is 504 Å². The van der Waals surface area contributed by atoms with Crippen molar-refractivity contribution in [2.24, 2.45) is 0 Å². The number of sulfonamides is 3. The maximum Gasteiger partial charge on any atom is 0.481 e. The van der Waals surface area contributed by atoms with Gasteiger partial charge in [0.1, 0.15) is 0 Å². The molecule has 0 atom stereocenters. The van der Waals surface area contributed by atoms with Crippen LogP contribution in [-0.2, 0) is 48.2 Å². The van der Waals surface area contributed by atoms with Crippen LogP contribution in [0.25, 0.3) is 0 Å². The molecule has 23 heteroatoms. The third kappa shape index (κ3) is 14.3. The van der Waals surface area contributed by atoms with E-state index in [4.69, 9.17) is 48.4 Å². The summed E-state index contributed by atoms with van der Waals surface area (Å²) in [6, 6.07) is 39.9. The molecule has 6 aromatic carbocycles. The fourth-order valence-electron chi connectivity index (χ4n) is 10.3. The summed E-state index contributed by atoms with van der Waals surface area (Å²) in [7, 11) is -16.9. The van der Waals surface area contributed by atoms with Gasteiger partial charge in [0, 0.05) is 67.3 Å². The number of hydrogen-bond acceptors (Lipinski definition) is 13. The molecule has 3 fully saturated rings. The van der Waals surface area contributed by atoms with Crippen LogP contribution < -0.4 is 28.9 Å². The van der Waals surface area contributed by atoms with Crippen molar-refractivity contribution in [1.82, 2.24) is 14.2 Å². The lowest BCUT2D eigenvalue weighted by molar-refractivity contribution is -0.0698. The van der Waals surface area contributed by atoms with E-state index >= 15 is 4.57 Å². The second-order valence-corrected chi connectivity index (χ2v) is 29.2. The van der Waals surface area contributed by atoms with Crippen LogP contribution in [-0.4, -0.2) is 60.6 Å². The molecular weight excluding hydrogens is 1200 g/mol. The highest BCUT2D eigenvalue weighted by Crippen LogP contribution is 2.64. The summed E-state index contributed by atoms with van der Waals surface area (Å²) in [6.07, 6.45) is 5.37. The summed E-state index contributed by atoms with van der Waals surface area (Å²) in [6.45, 7) is 11.3. The summed E-state index contributed by atoms with van der Waals surface area (Å²) in [4.78, 5) is 5.74. The van der Waals surface area contributed by atoms with E-state index in [1.807, 2.05) is 56.2 Å². The summed E-state index contributed by atoms with van der Waals surface area (Å²) in [5.74, 6) is 0. The molecule has 446 valence electrons. The minimum atomic E-state index is -5.25. The van der Waals surface area contributed by atoms with E-state index in [1.54, 1.807) is 109 Å². The second kappa shape index (κ2) is 25.4. The van der Waals surface area contributed by atoms with E-state index < -0.39 is 55.1 Å². The standard InChI is InChI=1S/C60H72Cl3N6O10PS3/c1-7-58(8-2,67(49-25-13-43(61)14-26-49)52-31-37-55(38-32-52)81(71,72)64-46-19-20-46)77-80(70,78-59(9-3,10-4)68(50-27-15-44(62)16-28-50)53-33-39-56(40-34-53)82(73,74)65-47-21-22-47)79-60(11-5,12-6)69(51-29-17-45(63)18-30-51)54-35-41-57(42-36-54)83(75,76)66-48-23-24-48/h13-18,25-42,46-48,64-66H,7-12,19-24H2,1-6H3. The first-order chi connectivity index (χ1) is 39.5. The predicted octanol–water partition coefficient (Wildman–Crippen LogP) is 15.5. The first kappa shape index (κ1) is 62.9. The van der Waals surface area contributed by atoms with Gasteiger partial charge in [-0.15, -0.1) is 0 Å². The van der Waals surface area contributed by atoms with E-state index in [2.05, 4.69) is 14.2 Å². The summed E-state index contributed by atoms with van der Waals surface area (Å²) >= 11 is 19.7. The van der Waals surface area contributed by atoms with E-state index in [0.717, 1.165) is 38.5 Å². The lowest BCUT2D eigenvalue weighted by Gasteiger charge is -2.51. The number of nitrogens with one attached hydrogen (secondary N) is 3. The van der Waals surface area contributed by atoms with Crippen LogP contribution in [0, 0.1) is 0 Å². The smallest absolute Gasteiger partial charge is 0.312 e. The molecule has 0 radical (unpaired) electrons. The molecule has 3 saturated carbocycles. The number of nitrogens with zero attached hydrogens (tertiary/aromatic N) is 3. The Bertz CT molecular complexity index is 3210. The Balaban J connectivity index is 1.25. The van der Waals surface area contributed by atoms with Crippen molar-refractivity contribution in [3.63, 3.8) is 0 Å². The molecule has 16 nitrogen and oxygen atoms in total. The molecule has 9 rings (SSSR count). The van der Waals surface area contributed by atoms with Crippen LogP contribution in [0.5, 0.6) is 0 Å². The zero-order valence-corrected chi connectivity index (χ0v) is 52.9. The zero-order chi connectivity index (χ0) is 59.6. The third-order valence-electron chi connectivity index (χ3n) is 15.6. The molecule has 6 aromatic rings. The van der Waals surface area contributed by atoms with Crippen LogP contribution in [0.15, 0.2) is 160 Å². The van der Waals surface area contributed by atoms with Crippen molar-refractivity contribution in [2.75, 3.05) is 14.7 Å². The minimum absolute atomic E-state index is 0.0617. The van der Waals surface area contributed by atoms with Crippen LogP contribution >= 0.6 is 42.6 Å². The van der Waals surface area contributed by atoms with Gasteiger partial charge in [-0.1, -0.05) is 76.3 Å².